The Morgan fingerprint density at radius 2 is 2.19 bits per heavy atom. The summed E-state index contributed by atoms with van der Waals surface area (Å²) in [6.07, 6.45) is 6.74. The molecule has 0 radical (unpaired) electrons. The maximum Gasteiger partial charge on any atom is 0.145 e. The van der Waals surface area contributed by atoms with E-state index >= 15 is 0 Å². The van der Waals surface area contributed by atoms with Gasteiger partial charge in [0.05, 0.1) is 25.9 Å². The highest BCUT2D eigenvalue weighted by Crippen LogP contribution is 2.32. The maximum atomic E-state index is 5.95. The van der Waals surface area contributed by atoms with Crippen LogP contribution in [0, 0.1) is 0 Å². The Kier molecular flexibility index (Phi) is 5.02. The molecule has 3 aromatic rings. The molecule has 0 amide bonds. The Morgan fingerprint density at radius 1 is 1.23 bits per heavy atom. The molecule has 1 unspecified atom stereocenters. The van der Waals surface area contributed by atoms with Crippen molar-refractivity contribution in [1.82, 2.24) is 14.8 Å². The fourth-order valence-corrected chi connectivity index (χ4v) is 3.40. The lowest BCUT2D eigenvalue weighted by Gasteiger charge is -2.35. The lowest BCUT2D eigenvalue weighted by Crippen LogP contribution is -2.44. The van der Waals surface area contributed by atoms with E-state index < -0.39 is 0 Å². The SMILES string of the molecule is CCCOc1cccc2c(N3CCOC(Cn4cccn4)C3)ccnc12. The number of hydrogen-bond donors (Lipinski definition) is 0. The second-order valence-electron chi connectivity index (χ2n) is 6.50. The van der Waals surface area contributed by atoms with Gasteiger partial charge in [-0.25, -0.2) is 0 Å². The minimum Gasteiger partial charge on any atom is -0.491 e. The van der Waals surface area contributed by atoms with Crippen molar-refractivity contribution in [2.45, 2.75) is 26.0 Å². The summed E-state index contributed by atoms with van der Waals surface area (Å²) in [6, 6.07) is 10.2. The molecule has 0 aliphatic carbocycles. The van der Waals surface area contributed by atoms with E-state index in [1.54, 1.807) is 6.20 Å². The van der Waals surface area contributed by atoms with Crippen LogP contribution in [0.25, 0.3) is 10.9 Å². The number of ether oxygens (including phenoxy) is 2. The number of pyridine rings is 1. The molecule has 2 aromatic heterocycles. The Morgan fingerprint density at radius 3 is 3.04 bits per heavy atom. The van der Waals surface area contributed by atoms with Crippen molar-refractivity contribution in [2.24, 2.45) is 0 Å². The lowest BCUT2D eigenvalue weighted by molar-refractivity contribution is 0.0275. The highest BCUT2D eigenvalue weighted by Gasteiger charge is 2.23. The van der Waals surface area contributed by atoms with Gasteiger partial charge in [0, 0.05) is 42.8 Å². The number of aromatic nitrogens is 3. The van der Waals surface area contributed by atoms with Gasteiger partial charge in [-0.3, -0.25) is 9.67 Å². The van der Waals surface area contributed by atoms with Crippen LogP contribution in [-0.4, -0.2) is 47.2 Å². The molecule has 0 spiro atoms. The number of anilines is 1. The summed E-state index contributed by atoms with van der Waals surface area (Å²) in [5.74, 6) is 0.854. The zero-order chi connectivity index (χ0) is 17.8. The van der Waals surface area contributed by atoms with Gasteiger partial charge in [0.1, 0.15) is 11.3 Å². The molecule has 4 rings (SSSR count). The first-order chi connectivity index (χ1) is 12.8. The van der Waals surface area contributed by atoms with Crippen LogP contribution in [0.1, 0.15) is 13.3 Å². The molecule has 1 aromatic carbocycles. The van der Waals surface area contributed by atoms with Crippen LogP contribution in [0.3, 0.4) is 0 Å². The summed E-state index contributed by atoms with van der Waals surface area (Å²) in [7, 11) is 0. The summed E-state index contributed by atoms with van der Waals surface area (Å²) < 4.78 is 13.8. The molecule has 3 heterocycles. The number of rotatable bonds is 6. The minimum atomic E-state index is 0.117. The normalized spacial score (nSPS) is 17.6. The average Bonchev–Trinajstić information content (AvgIpc) is 3.19. The molecular formula is C20H24N4O2. The Bertz CT molecular complexity index is 850. The van der Waals surface area contributed by atoms with Crippen LogP contribution in [-0.2, 0) is 11.3 Å². The standard InChI is InChI=1S/C20H24N4O2/c1-2-12-26-19-6-3-5-17-18(7-9-21-20(17)19)23-11-13-25-16(14-23)15-24-10-4-8-22-24/h3-10,16H,2,11-15H2,1H3. The predicted molar refractivity (Wildman–Crippen MR) is 102 cm³/mol. The van der Waals surface area contributed by atoms with Crippen molar-refractivity contribution in [3.8, 4) is 5.75 Å². The third-order valence-corrected chi connectivity index (χ3v) is 4.60. The van der Waals surface area contributed by atoms with Crippen LogP contribution in [0.4, 0.5) is 5.69 Å². The molecule has 6 nitrogen and oxygen atoms in total. The van der Waals surface area contributed by atoms with Gasteiger partial charge in [-0.15, -0.1) is 0 Å². The Hall–Kier alpha value is -2.60. The number of morpholine rings is 1. The zero-order valence-electron chi connectivity index (χ0n) is 15.0. The van der Waals surface area contributed by atoms with E-state index in [1.807, 2.05) is 35.3 Å². The average molecular weight is 352 g/mol. The van der Waals surface area contributed by atoms with Gasteiger partial charge < -0.3 is 14.4 Å². The van der Waals surface area contributed by atoms with Gasteiger partial charge in [-0.05, 0) is 24.6 Å². The smallest absolute Gasteiger partial charge is 0.145 e. The van der Waals surface area contributed by atoms with Gasteiger partial charge in [0.15, 0.2) is 0 Å². The molecular weight excluding hydrogens is 328 g/mol. The zero-order valence-corrected chi connectivity index (χ0v) is 15.0. The third kappa shape index (κ3) is 3.51. The highest BCUT2D eigenvalue weighted by atomic mass is 16.5. The number of nitrogens with zero attached hydrogens (tertiary/aromatic N) is 4. The summed E-state index contributed by atoms with van der Waals surface area (Å²) in [5, 5.41) is 5.42. The first-order valence-corrected chi connectivity index (χ1v) is 9.19. The van der Waals surface area contributed by atoms with E-state index in [2.05, 4.69) is 34.0 Å². The van der Waals surface area contributed by atoms with Crippen LogP contribution in [0.5, 0.6) is 5.75 Å². The number of fused-ring (bicyclic) bond motifs is 1. The van der Waals surface area contributed by atoms with Crippen LogP contribution < -0.4 is 9.64 Å². The lowest BCUT2D eigenvalue weighted by atomic mass is 10.1. The first kappa shape index (κ1) is 16.8. The van der Waals surface area contributed by atoms with Crippen molar-refractivity contribution in [3.63, 3.8) is 0 Å². The minimum absolute atomic E-state index is 0.117. The molecule has 0 saturated carbocycles. The Labute approximate surface area is 153 Å². The molecule has 0 N–H and O–H groups in total. The fraction of sp³-hybridized carbons (Fsp3) is 0.400. The van der Waals surface area contributed by atoms with Crippen molar-refractivity contribution < 1.29 is 9.47 Å². The van der Waals surface area contributed by atoms with Gasteiger partial charge in [0.25, 0.3) is 0 Å². The van der Waals surface area contributed by atoms with Crippen molar-refractivity contribution in [1.29, 1.82) is 0 Å². The third-order valence-electron chi connectivity index (χ3n) is 4.60. The summed E-state index contributed by atoms with van der Waals surface area (Å²) >= 11 is 0. The van der Waals surface area contributed by atoms with E-state index in [0.717, 1.165) is 42.7 Å². The van der Waals surface area contributed by atoms with Crippen LogP contribution in [0.2, 0.25) is 0 Å². The fourth-order valence-electron chi connectivity index (χ4n) is 3.40. The van der Waals surface area contributed by atoms with Gasteiger partial charge in [-0.1, -0.05) is 19.1 Å². The topological polar surface area (TPSA) is 52.4 Å². The van der Waals surface area contributed by atoms with E-state index in [1.165, 1.54) is 5.69 Å². The molecule has 1 aliphatic heterocycles. The van der Waals surface area contributed by atoms with Crippen LogP contribution in [0.15, 0.2) is 48.9 Å². The quantitative estimate of drug-likeness (QED) is 0.682. The van der Waals surface area contributed by atoms with E-state index in [9.17, 15) is 0 Å². The van der Waals surface area contributed by atoms with Gasteiger partial charge in [-0.2, -0.15) is 5.10 Å². The van der Waals surface area contributed by atoms with E-state index in [0.29, 0.717) is 13.2 Å². The van der Waals surface area contributed by atoms with Crippen molar-refractivity contribution in [3.05, 3.63) is 48.9 Å². The molecule has 136 valence electrons. The molecule has 1 fully saturated rings. The first-order valence-electron chi connectivity index (χ1n) is 9.19. The molecule has 1 atom stereocenters. The van der Waals surface area contributed by atoms with E-state index in [-0.39, 0.29) is 6.10 Å². The molecule has 1 aliphatic rings. The Balaban J connectivity index is 1.59. The van der Waals surface area contributed by atoms with Crippen molar-refractivity contribution >= 4 is 16.6 Å². The number of hydrogen-bond acceptors (Lipinski definition) is 5. The van der Waals surface area contributed by atoms with Crippen molar-refractivity contribution in [2.75, 3.05) is 31.2 Å². The monoisotopic (exact) mass is 352 g/mol. The molecule has 26 heavy (non-hydrogen) atoms. The summed E-state index contributed by atoms with van der Waals surface area (Å²) in [5.41, 5.74) is 2.11. The maximum absolute atomic E-state index is 5.95. The second-order valence-corrected chi connectivity index (χ2v) is 6.50. The summed E-state index contributed by atoms with van der Waals surface area (Å²) in [4.78, 5) is 6.95. The number of para-hydroxylation sites is 1. The largest absolute Gasteiger partial charge is 0.491 e. The molecule has 6 heteroatoms. The summed E-state index contributed by atoms with van der Waals surface area (Å²) in [6.45, 7) is 5.99. The van der Waals surface area contributed by atoms with Crippen LogP contribution >= 0.6 is 0 Å². The molecule has 1 saturated heterocycles. The highest BCUT2D eigenvalue weighted by molar-refractivity contribution is 5.95. The second kappa shape index (κ2) is 7.74. The molecule has 0 bridgehead atoms. The van der Waals surface area contributed by atoms with Gasteiger partial charge in [0.2, 0.25) is 0 Å². The predicted octanol–water partition coefficient (Wildman–Crippen LogP) is 3.13. The number of benzene rings is 1. The van der Waals surface area contributed by atoms with E-state index in [4.69, 9.17) is 9.47 Å². The van der Waals surface area contributed by atoms with Gasteiger partial charge >= 0.3 is 0 Å².